The molecule has 2 spiro atoms. The molecule has 11 nitrogen and oxygen atoms in total. The van der Waals surface area contributed by atoms with Crippen molar-refractivity contribution in [2.75, 3.05) is 68.8 Å². The Morgan fingerprint density at radius 1 is 0.937 bits per heavy atom. The standard InChI is InChI=1S/C43H49ClN6O3.C6H9NO.C2H4/c1-29-23-42(27-50(29)34-7-4-32(24-45)38(44)22-34)12-20-48(21-13-42)33-5-2-31(3-6-33)41(52)49-16-10-30(11-17-49)26-47-18-14-43(15-19-47)28-53-39-36-25-46-40(51)35(36)8-9-37(39)43;1-5-3-2-4-6(8)7-5;1-2/h2-9,22,29-30H,10-21,23,25-28H2,1H3,(H,46,51);1-4H2,(H,7,8);1-2H2/t29-;;/m0../s1. The van der Waals surface area contributed by atoms with Crippen molar-refractivity contribution in [2.45, 2.75) is 89.1 Å². The molecule has 3 aromatic rings. The quantitative estimate of drug-likeness (QED) is 0.246. The molecule has 5 saturated heterocycles. The summed E-state index contributed by atoms with van der Waals surface area (Å²) in [4.78, 5) is 45.8. The van der Waals surface area contributed by atoms with Gasteiger partial charge in [0.1, 0.15) is 11.8 Å². The maximum Gasteiger partial charge on any atom is 0.253 e. The van der Waals surface area contributed by atoms with E-state index in [0.717, 1.165) is 151 Å². The molecule has 7 heterocycles. The maximum absolute atomic E-state index is 13.6. The number of hydrogen-bond donors (Lipinski definition) is 2. The molecule has 1 atom stereocenters. The summed E-state index contributed by atoms with van der Waals surface area (Å²) in [6, 6.07) is 20.9. The Labute approximate surface area is 378 Å². The second-order valence-electron chi connectivity index (χ2n) is 18.8. The van der Waals surface area contributed by atoms with Crippen LogP contribution in [0.3, 0.4) is 0 Å². The van der Waals surface area contributed by atoms with Crippen LogP contribution >= 0.6 is 11.6 Å². The van der Waals surface area contributed by atoms with Gasteiger partial charge in [-0.05, 0) is 138 Å². The second kappa shape index (κ2) is 18.8. The molecule has 5 fully saturated rings. The van der Waals surface area contributed by atoms with E-state index >= 15 is 0 Å². The van der Waals surface area contributed by atoms with Crippen molar-refractivity contribution in [1.29, 1.82) is 5.26 Å². The Morgan fingerprint density at radius 2 is 1.65 bits per heavy atom. The molecule has 0 unspecified atom stereocenters. The van der Waals surface area contributed by atoms with Crippen LogP contribution in [0.25, 0.3) is 0 Å². The highest BCUT2D eigenvalue weighted by atomic mass is 35.5. The molecule has 7 aliphatic rings. The van der Waals surface area contributed by atoms with E-state index in [1.165, 1.54) is 11.3 Å². The van der Waals surface area contributed by atoms with E-state index < -0.39 is 0 Å². The number of anilines is 2. The Morgan fingerprint density at radius 3 is 2.30 bits per heavy atom. The monoisotopic (exact) mass is 871 g/mol. The number of hydrogen-bond acceptors (Lipinski definition) is 8. The number of nitrogens with zero attached hydrogens (tertiary/aromatic N) is 5. The van der Waals surface area contributed by atoms with Crippen LogP contribution < -0.4 is 25.2 Å². The Hall–Kier alpha value is -5.31. The summed E-state index contributed by atoms with van der Waals surface area (Å²) in [5.74, 6) is 1.85. The van der Waals surface area contributed by atoms with Gasteiger partial charge in [0.25, 0.3) is 11.8 Å². The Balaban J connectivity index is 0.000000487. The fourth-order valence-electron chi connectivity index (χ4n) is 11.2. The van der Waals surface area contributed by atoms with Gasteiger partial charge in [-0.15, -0.1) is 13.2 Å². The van der Waals surface area contributed by atoms with E-state index in [-0.39, 0.29) is 28.6 Å². The first-order chi connectivity index (χ1) is 30.5. The molecule has 0 aromatic heterocycles. The van der Waals surface area contributed by atoms with Crippen LogP contribution in [0, 0.1) is 22.7 Å². The number of piperidine rings is 4. The van der Waals surface area contributed by atoms with Gasteiger partial charge in [0.05, 0.1) is 17.2 Å². The van der Waals surface area contributed by atoms with Crippen LogP contribution in [0.2, 0.25) is 5.02 Å². The summed E-state index contributed by atoms with van der Waals surface area (Å²) in [7, 11) is 0. The van der Waals surface area contributed by atoms with Gasteiger partial charge in [0.15, 0.2) is 0 Å². The zero-order chi connectivity index (χ0) is 44.3. The molecule has 0 saturated carbocycles. The molecule has 3 amide bonds. The highest BCUT2D eigenvalue weighted by Gasteiger charge is 2.46. The summed E-state index contributed by atoms with van der Waals surface area (Å²) in [6.07, 6.45) is 10.3. The number of rotatable bonds is 5. The fraction of sp³-hybridized carbons (Fsp3) is 0.490. The topological polar surface area (TPSA) is 121 Å². The van der Waals surface area contributed by atoms with Crippen LogP contribution in [0.5, 0.6) is 5.75 Å². The molecule has 0 aliphatic carbocycles. The number of nitriles is 1. The van der Waals surface area contributed by atoms with Gasteiger partial charge in [-0.1, -0.05) is 24.2 Å². The van der Waals surface area contributed by atoms with E-state index in [1.807, 2.05) is 36.4 Å². The first-order valence-corrected chi connectivity index (χ1v) is 23.3. The second-order valence-corrected chi connectivity index (χ2v) is 19.2. The Bertz CT molecular complexity index is 2230. The molecule has 63 heavy (non-hydrogen) atoms. The summed E-state index contributed by atoms with van der Waals surface area (Å²) >= 11 is 6.38. The number of fused-ring (bicyclic) bond motifs is 4. The fourth-order valence-corrected chi connectivity index (χ4v) is 11.4. The van der Waals surface area contributed by atoms with Crippen LogP contribution in [-0.2, 0) is 16.8 Å². The third-order valence-electron chi connectivity index (χ3n) is 14.9. The number of ether oxygens (including phenoxy) is 1. The molecule has 3 aromatic carbocycles. The number of carbonyl (C=O) groups excluding carboxylic acids is 3. The minimum atomic E-state index is 0.0100. The van der Waals surface area contributed by atoms with Crippen molar-refractivity contribution < 1.29 is 19.1 Å². The number of carbonyl (C=O) groups is 3. The normalized spacial score (nSPS) is 22.5. The van der Waals surface area contributed by atoms with Gasteiger partial charge >= 0.3 is 0 Å². The van der Waals surface area contributed by atoms with Gasteiger partial charge in [0.2, 0.25) is 5.91 Å². The Kier molecular flexibility index (Phi) is 13.2. The van der Waals surface area contributed by atoms with Crippen molar-refractivity contribution in [3.05, 3.63) is 113 Å². The lowest BCUT2D eigenvalue weighted by Crippen LogP contribution is -2.47. The predicted octanol–water partition coefficient (Wildman–Crippen LogP) is 8.22. The van der Waals surface area contributed by atoms with Crippen LogP contribution in [-0.4, -0.2) is 92.5 Å². The van der Waals surface area contributed by atoms with E-state index in [0.29, 0.717) is 35.5 Å². The van der Waals surface area contributed by atoms with Crippen LogP contribution in [0.1, 0.15) is 109 Å². The summed E-state index contributed by atoms with van der Waals surface area (Å²) < 4.78 is 6.26. The number of nitrogens with one attached hydrogen (secondary N) is 2. The van der Waals surface area contributed by atoms with Crippen molar-refractivity contribution in [2.24, 2.45) is 11.3 Å². The summed E-state index contributed by atoms with van der Waals surface area (Å²) in [5, 5.41) is 15.4. The number of allylic oxidation sites excluding steroid dienone is 1. The zero-order valence-corrected chi connectivity index (χ0v) is 37.6. The van der Waals surface area contributed by atoms with Crippen LogP contribution in [0.15, 0.2) is 80.0 Å². The van der Waals surface area contributed by atoms with E-state index in [1.54, 1.807) is 0 Å². The van der Waals surface area contributed by atoms with Crippen molar-refractivity contribution in [3.63, 3.8) is 0 Å². The highest BCUT2D eigenvalue weighted by molar-refractivity contribution is 6.32. The average Bonchev–Trinajstić information content (AvgIpc) is 3.97. The van der Waals surface area contributed by atoms with Gasteiger partial charge in [0, 0.05) is 103 Å². The first-order valence-electron chi connectivity index (χ1n) is 22.9. The minimum absolute atomic E-state index is 0.0100. The van der Waals surface area contributed by atoms with Gasteiger partial charge < -0.3 is 35.0 Å². The molecular weight excluding hydrogens is 810 g/mol. The lowest BCUT2D eigenvalue weighted by Gasteiger charge is -2.41. The number of amides is 3. The number of benzene rings is 3. The first kappa shape index (κ1) is 44.3. The lowest BCUT2D eigenvalue weighted by atomic mass is 9.73. The smallest absolute Gasteiger partial charge is 0.253 e. The highest BCUT2D eigenvalue weighted by Crippen LogP contribution is 2.49. The predicted molar refractivity (Wildman–Crippen MR) is 249 cm³/mol. The molecule has 10 rings (SSSR count). The summed E-state index contributed by atoms with van der Waals surface area (Å²) in [5.41, 5.74) is 7.94. The van der Waals surface area contributed by atoms with E-state index in [2.05, 4.69) is 81.2 Å². The van der Waals surface area contributed by atoms with Crippen molar-refractivity contribution in [3.8, 4) is 11.8 Å². The van der Waals surface area contributed by atoms with E-state index in [4.69, 9.17) is 16.3 Å². The molecule has 12 heteroatoms. The third-order valence-corrected chi connectivity index (χ3v) is 15.2. The SMILES string of the molecule is C=C.C=C1CCCC(=O)N1.C[C@H]1CC2(CCN(c3ccc(C(=O)N4CCC(CN5CCC6(CC5)COc5c6ccc6c5CNC6=O)CC4)cc3)CC2)CN1c1ccc(C#N)c(Cl)c1. The molecule has 7 aliphatic heterocycles. The van der Waals surface area contributed by atoms with Crippen molar-refractivity contribution in [1.82, 2.24) is 20.4 Å². The summed E-state index contributed by atoms with van der Waals surface area (Å²) in [6.45, 7) is 21.1. The van der Waals surface area contributed by atoms with Gasteiger partial charge in [-0.2, -0.15) is 5.26 Å². The molecule has 0 radical (unpaired) electrons. The van der Waals surface area contributed by atoms with Gasteiger partial charge in [-0.3, -0.25) is 14.4 Å². The zero-order valence-electron chi connectivity index (χ0n) is 36.9. The van der Waals surface area contributed by atoms with Gasteiger partial charge in [-0.25, -0.2) is 0 Å². The third kappa shape index (κ3) is 9.21. The number of likely N-dealkylation sites (tertiary alicyclic amines) is 2. The minimum Gasteiger partial charge on any atom is -0.492 e. The average molecular weight is 873 g/mol. The molecule has 2 N–H and O–H groups in total. The molecular formula is C51H62ClN7O4. The number of halogens is 1. The molecule has 0 bridgehead atoms. The molecule has 332 valence electrons. The van der Waals surface area contributed by atoms with E-state index in [9.17, 15) is 19.6 Å². The lowest BCUT2D eigenvalue weighted by molar-refractivity contribution is -0.121. The van der Waals surface area contributed by atoms with Crippen molar-refractivity contribution >= 4 is 40.7 Å². The largest absolute Gasteiger partial charge is 0.492 e. The van der Waals surface area contributed by atoms with Crippen LogP contribution in [0.4, 0.5) is 11.4 Å². The maximum atomic E-state index is 13.6.